The first-order valence-corrected chi connectivity index (χ1v) is 10.6. The average Bonchev–Trinajstić information content (AvgIpc) is 3.14. The lowest BCUT2D eigenvalue weighted by atomic mass is 9.87. The van der Waals surface area contributed by atoms with E-state index in [9.17, 15) is 9.59 Å². The van der Waals surface area contributed by atoms with E-state index in [4.69, 9.17) is 0 Å². The fourth-order valence-electron chi connectivity index (χ4n) is 4.11. The van der Waals surface area contributed by atoms with Gasteiger partial charge in [-0.1, -0.05) is 32.9 Å². The SMILES string of the molecule is CN1N=C(C(=O)NC2CCCc3c2cnn3-c2ccc(C(C)(C)C)cc2)CCC1=O. The first kappa shape index (κ1) is 20.3. The number of amides is 2. The molecule has 0 bridgehead atoms. The van der Waals surface area contributed by atoms with E-state index in [1.807, 2.05) is 10.9 Å². The summed E-state index contributed by atoms with van der Waals surface area (Å²) in [6, 6.07) is 8.45. The third-order valence-corrected chi connectivity index (χ3v) is 5.94. The van der Waals surface area contributed by atoms with Crippen molar-refractivity contribution in [2.75, 3.05) is 7.05 Å². The van der Waals surface area contributed by atoms with Crippen LogP contribution in [-0.2, 0) is 21.4 Å². The van der Waals surface area contributed by atoms with Crippen LogP contribution in [-0.4, -0.2) is 39.4 Å². The largest absolute Gasteiger partial charge is 0.344 e. The van der Waals surface area contributed by atoms with E-state index < -0.39 is 0 Å². The number of fused-ring (bicyclic) bond motifs is 1. The summed E-state index contributed by atoms with van der Waals surface area (Å²) >= 11 is 0. The molecule has 0 spiro atoms. The zero-order chi connectivity index (χ0) is 21.5. The Kier molecular flexibility index (Phi) is 5.22. The lowest BCUT2D eigenvalue weighted by molar-refractivity contribution is -0.130. The lowest BCUT2D eigenvalue weighted by Gasteiger charge is -2.26. The first-order chi connectivity index (χ1) is 14.2. The molecule has 1 aromatic heterocycles. The number of rotatable bonds is 3. The summed E-state index contributed by atoms with van der Waals surface area (Å²) in [6.45, 7) is 6.61. The second kappa shape index (κ2) is 7.70. The number of nitrogens with one attached hydrogen (secondary N) is 1. The van der Waals surface area contributed by atoms with Crippen LogP contribution in [0.25, 0.3) is 5.69 Å². The summed E-state index contributed by atoms with van der Waals surface area (Å²) in [4.78, 5) is 24.3. The van der Waals surface area contributed by atoms with Crippen molar-refractivity contribution in [1.29, 1.82) is 0 Å². The van der Waals surface area contributed by atoms with Gasteiger partial charge in [-0.15, -0.1) is 0 Å². The molecule has 2 aliphatic rings. The normalized spacial score (nSPS) is 19.3. The monoisotopic (exact) mass is 407 g/mol. The first-order valence-electron chi connectivity index (χ1n) is 10.6. The number of aromatic nitrogens is 2. The van der Waals surface area contributed by atoms with E-state index in [0.29, 0.717) is 18.6 Å². The van der Waals surface area contributed by atoms with Gasteiger partial charge in [0.2, 0.25) is 5.91 Å². The Bertz CT molecular complexity index is 998. The predicted molar refractivity (Wildman–Crippen MR) is 116 cm³/mol. The van der Waals surface area contributed by atoms with Gasteiger partial charge < -0.3 is 5.32 Å². The second-order valence-corrected chi connectivity index (χ2v) is 9.14. The van der Waals surface area contributed by atoms with Gasteiger partial charge in [-0.3, -0.25) is 9.59 Å². The van der Waals surface area contributed by atoms with Gasteiger partial charge in [0.05, 0.1) is 17.9 Å². The molecule has 30 heavy (non-hydrogen) atoms. The molecule has 0 fully saturated rings. The molecule has 2 aromatic rings. The van der Waals surface area contributed by atoms with Crippen molar-refractivity contribution in [2.45, 2.75) is 64.3 Å². The fraction of sp³-hybridized carbons (Fsp3) is 0.478. The van der Waals surface area contributed by atoms with E-state index in [1.165, 1.54) is 10.6 Å². The number of carbonyl (C=O) groups is 2. The molecule has 158 valence electrons. The zero-order valence-corrected chi connectivity index (χ0v) is 18.1. The number of carbonyl (C=O) groups excluding carboxylic acids is 2. The Balaban J connectivity index is 1.55. The number of nitrogens with zero attached hydrogens (tertiary/aromatic N) is 4. The number of benzene rings is 1. The molecule has 1 aromatic carbocycles. The van der Waals surface area contributed by atoms with Gasteiger partial charge in [-0.25, -0.2) is 9.69 Å². The Morgan fingerprint density at radius 1 is 1.13 bits per heavy atom. The van der Waals surface area contributed by atoms with Crippen LogP contribution in [0, 0.1) is 0 Å². The van der Waals surface area contributed by atoms with Crippen LogP contribution in [0.4, 0.5) is 0 Å². The quantitative estimate of drug-likeness (QED) is 0.848. The average molecular weight is 408 g/mol. The highest BCUT2D eigenvalue weighted by atomic mass is 16.2. The molecule has 1 aliphatic heterocycles. The molecule has 0 radical (unpaired) electrons. The summed E-state index contributed by atoms with van der Waals surface area (Å²) in [5.41, 5.74) is 5.05. The molecular weight excluding hydrogens is 378 g/mol. The fourth-order valence-corrected chi connectivity index (χ4v) is 4.11. The Morgan fingerprint density at radius 2 is 1.87 bits per heavy atom. The van der Waals surface area contributed by atoms with Crippen molar-refractivity contribution in [3.8, 4) is 5.69 Å². The van der Waals surface area contributed by atoms with E-state index >= 15 is 0 Å². The van der Waals surface area contributed by atoms with E-state index in [-0.39, 0.29) is 23.3 Å². The molecule has 1 N–H and O–H groups in total. The predicted octanol–water partition coefficient (Wildman–Crippen LogP) is 3.27. The number of hydrogen-bond donors (Lipinski definition) is 1. The number of hydrazone groups is 1. The maximum absolute atomic E-state index is 12.7. The van der Waals surface area contributed by atoms with E-state index in [0.717, 1.165) is 36.2 Å². The minimum Gasteiger partial charge on any atom is -0.344 e. The smallest absolute Gasteiger partial charge is 0.267 e. The van der Waals surface area contributed by atoms with Gasteiger partial charge in [0.25, 0.3) is 5.91 Å². The molecule has 1 aliphatic carbocycles. The second-order valence-electron chi connectivity index (χ2n) is 9.14. The Labute approximate surface area is 177 Å². The molecule has 2 heterocycles. The maximum Gasteiger partial charge on any atom is 0.267 e. The summed E-state index contributed by atoms with van der Waals surface area (Å²) in [6.07, 6.45) is 5.36. The highest BCUT2D eigenvalue weighted by Crippen LogP contribution is 2.32. The zero-order valence-electron chi connectivity index (χ0n) is 18.1. The summed E-state index contributed by atoms with van der Waals surface area (Å²) < 4.78 is 1.99. The Hall–Kier alpha value is -2.96. The molecule has 4 rings (SSSR count). The minimum absolute atomic E-state index is 0.0646. The van der Waals surface area contributed by atoms with Gasteiger partial charge in [-0.2, -0.15) is 10.2 Å². The van der Waals surface area contributed by atoms with Crippen LogP contribution in [0.3, 0.4) is 0 Å². The molecule has 1 atom stereocenters. The Morgan fingerprint density at radius 3 is 2.53 bits per heavy atom. The molecular formula is C23H29N5O2. The van der Waals surface area contributed by atoms with Gasteiger partial charge >= 0.3 is 0 Å². The van der Waals surface area contributed by atoms with Crippen molar-refractivity contribution < 1.29 is 9.59 Å². The molecule has 1 unspecified atom stereocenters. The van der Waals surface area contributed by atoms with Crippen LogP contribution in [0.5, 0.6) is 0 Å². The minimum atomic E-state index is -0.200. The topological polar surface area (TPSA) is 79.6 Å². The van der Waals surface area contributed by atoms with Crippen molar-refractivity contribution >= 4 is 17.5 Å². The van der Waals surface area contributed by atoms with Crippen LogP contribution < -0.4 is 5.32 Å². The van der Waals surface area contributed by atoms with Crippen molar-refractivity contribution in [3.05, 3.63) is 47.3 Å². The molecule has 0 saturated carbocycles. The van der Waals surface area contributed by atoms with E-state index in [1.54, 1.807) is 7.05 Å². The lowest BCUT2D eigenvalue weighted by Crippen LogP contribution is -2.40. The van der Waals surface area contributed by atoms with Crippen molar-refractivity contribution in [3.63, 3.8) is 0 Å². The third kappa shape index (κ3) is 3.88. The number of hydrogen-bond acceptors (Lipinski definition) is 4. The van der Waals surface area contributed by atoms with E-state index in [2.05, 4.69) is 60.6 Å². The maximum atomic E-state index is 12.7. The van der Waals surface area contributed by atoms with Gasteiger partial charge in [-0.05, 0) is 42.4 Å². The standard InChI is InChI=1S/C23H29N5O2/c1-23(2,3)15-8-10-16(11-9-15)28-20-7-5-6-18(17(20)14-24-28)25-22(30)19-12-13-21(29)27(4)26-19/h8-11,14,18H,5-7,12-13H2,1-4H3,(H,25,30). The van der Waals surface area contributed by atoms with Crippen LogP contribution in [0.1, 0.15) is 69.3 Å². The molecule has 7 heteroatoms. The van der Waals surface area contributed by atoms with Gasteiger partial charge in [0.15, 0.2) is 0 Å². The highest BCUT2D eigenvalue weighted by Gasteiger charge is 2.29. The summed E-state index contributed by atoms with van der Waals surface area (Å²) in [5.74, 6) is -0.264. The van der Waals surface area contributed by atoms with Crippen LogP contribution in [0.2, 0.25) is 0 Å². The summed E-state index contributed by atoms with van der Waals surface area (Å²) in [5, 5.41) is 13.1. The molecule has 2 amide bonds. The van der Waals surface area contributed by atoms with Gasteiger partial charge in [0.1, 0.15) is 5.71 Å². The van der Waals surface area contributed by atoms with Crippen LogP contribution >= 0.6 is 0 Å². The van der Waals surface area contributed by atoms with Gasteiger partial charge in [0, 0.05) is 31.1 Å². The molecule has 7 nitrogen and oxygen atoms in total. The van der Waals surface area contributed by atoms with Crippen molar-refractivity contribution in [1.82, 2.24) is 20.1 Å². The van der Waals surface area contributed by atoms with Crippen LogP contribution in [0.15, 0.2) is 35.6 Å². The summed E-state index contributed by atoms with van der Waals surface area (Å²) in [7, 11) is 1.59. The molecule has 0 saturated heterocycles. The highest BCUT2D eigenvalue weighted by molar-refractivity contribution is 6.39. The third-order valence-electron chi connectivity index (χ3n) is 5.94. The van der Waals surface area contributed by atoms with Crippen molar-refractivity contribution in [2.24, 2.45) is 5.10 Å².